The molecule has 1 aromatic rings. The van der Waals surface area contributed by atoms with E-state index in [1.165, 1.54) is 0 Å². The summed E-state index contributed by atoms with van der Waals surface area (Å²) in [5.74, 6) is -0.712. The molecular formula is C15H19NO3. The van der Waals surface area contributed by atoms with E-state index in [0.29, 0.717) is 5.56 Å². The number of nitrogens with zero attached hydrogens (tertiary/aromatic N) is 1. The molecule has 4 nitrogen and oxygen atoms in total. The summed E-state index contributed by atoms with van der Waals surface area (Å²) in [6.07, 6.45) is 1.61. The molecule has 4 heteroatoms. The summed E-state index contributed by atoms with van der Waals surface area (Å²) in [6.45, 7) is 1.98. The Bertz CT molecular complexity index is 481. The molecule has 1 fully saturated rings. The topological polar surface area (TPSA) is 57.6 Å². The van der Waals surface area contributed by atoms with E-state index in [1.54, 1.807) is 0 Å². The highest BCUT2D eigenvalue weighted by Crippen LogP contribution is 2.27. The van der Waals surface area contributed by atoms with Gasteiger partial charge in [-0.05, 0) is 26.8 Å². The summed E-state index contributed by atoms with van der Waals surface area (Å²) >= 11 is 0. The Balaban J connectivity index is 2.08. The van der Waals surface area contributed by atoms with Gasteiger partial charge in [0, 0.05) is 11.6 Å². The lowest BCUT2D eigenvalue weighted by Gasteiger charge is -2.23. The molecule has 0 radical (unpaired) electrons. The first-order chi connectivity index (χ1) is 8.99. The van der Waals surface area contributed by atoms with E-state index in [4.69, 9.17) is 5.11 Å². The molecule has 1 saturated heterocycles. The van der Waals surface area contributed by atoms with E-state index in [2.05, 4.69) is 0 Å². The second-order valence-corrected chi connectivity index (χ2v) is 5.24. The van der Waals surface area contributed by atoms with Gasteiger partial charge in [0.15, 0.2) is 5.78 Å². The first kappa shape index (κ1) is 13.7. The number of likely N-dealkylation sites (tertiary alicyclic amines) is 1. The van der Waals surface area contributed by atoms with Gasteiger partial charge < -0.3 is 5.11 Å². The minimum atomic E-state index is -0.805. The molecule has 1 heterocycles. The fraction of sp³-hybridized carbons (Fsp3) is 0.467. The molecule has 0 aliphatic carbocycles. The molecule has 0 saturated carbocycles. The van der Waals surface area contributed by atoms with Crippen LogP contribution in [0.4, 0.5) is 0 Å². The molecule has 0 aromatic heterocycles. The fourth-order valence-corrected chi connectivity index (χ4v) is 2.69. The second-order valence-electron chi connectivity index (χ2n) is 5.24. The zero-order valence-corrected chi connectivity index (χ0v) is 11.3. The van der Waals surface area contributed by atoms with Gasteiger partial charge in [0.1, 0.15) is 0 Å². The minimum absolute atomic E-state index is 0.0306. The summed E-state index contributed by atoms with van der Waals surface area (Å²) in [7, 11) is 1.84. The molecule has 0 spiro atoms. The maximum atomic E-state index is 12.4. The first-order valence-electron chi connectivity index (χ1n) is 6.53. The van der Waals surface area contributed by atoms with E-state index in [-0.39, 0.29) is 24.3 Å². The van der Waals surface area contributed by atoms with Gasteiger partial charge in [0.2, 0.25) is 0 Å². The molecular weight excluding hydrogens is 242 g/mol. The Morgan fingerprint density at radius 1 is 1.26 bits per heavy atom. The van der Waals surface area contributed by atoms with Crippen molar-refractivity contribution in [2.45, 2.75) is 38.3 Å². The van der Waals surface area contributed by atoms with Crippen molar-refractivity contribution in [3.8, 4) is 0 Å². The van der Waals surface area contributed by atoms with Crippen molar-refractivity contribution in [2.75, 3.05) is 7.05 Å². The highest BCUT2D eigenvalue weighted by atomic mass is 16.4. The van der Waals surface area contributed by atoms with Crippen LogP contribution in [0.3, 0.4) is 0 Å². The largest absolute Gasteiger partial charge is 0.481 e. The van der Waals surface area contributed by atoms with Gasteiger partial charge in [0.05, 0.1) is 12.5 Å². The highest BCUT2D eigenvalue weighted by molar-refractivity contribution is 6.00. The van der Waals surface area contributed by atoms with Crippen LogP contribution in [0.1, 0.15) is 35.2 Å². The van der Waals surface area contributed by atoms with Gasteiger partial charge in [-0.3, -0.25) is 14.5 Å². The fourth-order valence-electron chi connectivity index (χ4n) is 2.69. The highest BCUT2D eigenvalue weighted by Gasteiger charge is 2.36. The maximum absolute atomic E-state index is 12.4. The number of benzene rings is 1. The molecule has 1 aromatic carbocycles. The van der Waals surface area contributed by atoms with Crippen molar-refractivity contribution in [2.24, 2.45) is 0 Å². The molecule has 0 bridgehead atoms. The van der Waals surface area contributed by atoms with E-state index in [0.717, 1.165) is 18.4 Å². The summed E-state index contributed by atoms with van der Waals surface area (Å²) in [5, 5.41) is 8.85. The molecule has 1 aliphatic heterocycles. The summed E-state index contributed by atoms with van der Waals surface area (Å²) in [6, 6.07) is 7.32. The predicted molar refractivity (Wildman–Crippen MR) is 72.3 cm³/mol. The van der Waals surface area contributed by atoms with Gasteiger partial charge in [-0.25, -0.2) is 0 Å². The number of aryl methyl sites for hydroxylation is 1. The number of aliphatic carboxylic acids is 1. The second kappa shape index (κ2) is 5.53. The summed E-state index contributed by atoms with van der Waals surface area (Å²) in [5.41, 5.74) is 1.83. The van der Waals surface area contributed by atoms with Crippen LogP contribution in [-0.2, 0) is 4.79 Å². The van der Waals surface area contributed by atoms with Crippen molar-refractivity contribution >= 4 is 11.8 Å². The molecule has 1 N–H and O–H groups in total. The monoisotopic (exact) mass is 261 g/mol. The molecule has 19 heavy (non-hydrogen) atoms. The SMILES string of the molecule is Cc1ccc(C(=O)C2CCC(CC(=O)O)N2C)cc1. The number of carboxylic acid groups (broad SMARTS) is 1. The summed E-state index contributed by atoms with van der Waals surface area (Å²) < 4.78 is 0. The third-order valence-corrected chi connectivity index (χ3v) is 3.89. The normalized spacial score (nSPS) is 23.5. The van der Waals surface area contributed by atoms with E-state index < -0.39 is 5.97 Å². The van der Waals surface area contributed by atoms with Crippen LogP contribution in [0.5, 0.6) is 0 Å². The summed E-state index contributed by atoms with van der Waals surface area (Å²) in [4.78, 5) is 25.1. The number of likely N-dealkylation sites (N-methyl/N-ethyl adjacent to an activating group) is 1. The van der Waals surface area contributed by atoms with Crippen molar-refractivity contribution in [3.05, 3.63) is 35.4 Å². The zero-order valence-electron chi connectivity index (χ0n) is 11.3. The quantitative estimate of drug-likeness (QED) is 0.843. The Morgan fingerprint density at radius 3 is 2.47 bits per heavy atom. The van der Waals surface area contributed by atoms with E-state index in [1.807, 2.05) is 43.1 Å². The van der Waals surface area contributed by atoms with Gasteiger partial charge in [0.25, 0.3) is 0 Å². The predicted octanol–water partition coefficient (Wildman–Crippen LogP) is 2.12. The molecule has 2 atom stereocenters. The van der Waals surface area contributed by atoms with Crippen LogP contribution < -0.4 is 0 Å². The van der Waals surface area contributed by atoms with Gasteiger partial charge in [-0.2, -0.15) is 0 Å². The van der Waals surface area contributed by atoms with E-state index >= 15 is 0 Å². The third kappa shape index (κ3) is 3.01. The lowest BCUT2D eigenvalue weighted by molar-refractivity contribution is -0.138. The minimum Gasteiger partial charge on any atom is -0.481 e. The average molecular weight is 261 g/mol. The molecule has 1 aliphatic rings. The average Bonchev–Trinajstić information content (AvgIpc) is 2.70. The third-order valence-electron chi connectivity index (χ3n) is 3.89. The Morgan fingerprint density at radius 2 is 1.89 bits per heavy atom. The van der Waals surface area contributed by atoms with Crippen molar-refractivity contribution < 1.29 is 14.7 Å². The number of carbonyl (C=O) groups excluding carboxylic acids is 1. The standard InChI is InChI=1S/C15H19NO3/c1-10-3-5-11(6-4-10)15(19)13-8-7-12(16(13)2)9-14(17)18/h3-6,12-13H,7-9H2,1-2H3,(H,17,18). The first-order valence-corrected chi connectivity index (χ1v) is 6.53. The van der Waals surface area contributed by atoms with Crippen LogP contribution in [-0.4, -0.2) is 40.9 Å². The van der Waals surface area contributed by atoms with Crippen molar-refractivity contribution in [1.82, 2.24) is 4.90 Å². The molecule has 2 rings (SSSR count). The maximum Gasteiger partial charge on any atom is 0.304 e. The number of hydrogen-bond acceptors (Lipinski definition) is 3. The van der Waals surface area contributed by atoms with E-state index in [9.17, 15) is 9.59 Å². The van der Waals surface area contributed by atoms with Gasteiger partial charge in [-0.15, -0.1) is 0 Å². The van der Waals surface area contributed by atoms with Crippen molar-refractivity contribution in [1.29, 1.82) is 0 Å². The van der Waals surface area contributed by atoms with Crippen LogP contribution >= 0.6 is 0 Å². The zero-order chi connectivity index (χ0) is 14.0. The molecule has 2 unspecified atom stereocenters. The van der Waals surface area contributed by atoms with Crippen LogP contribution in [0, 0.1) is 6.92 Å². The number of carbonyl (C=O) groups is 2. The Labute approximate surface area is 113 Å². The molecule has 102 valence electrons. The number of ketones is 1. The lowest BCUT2D eigenvalue weighted by Crippen LogP contribution is -2.38. The Hall–Kier alpha value is -1.68. The van der Waals surface area contributed by atoms with Crippen LogP contribution in [0.15, 0.2) is 24.3 Å². The lowest BCUT2D eigenvalue weighted by atomic mass is 10.0. The van der Waals surface area contributed by atoms with Crippen molar-refractivity contribution in [3.63, 3.8) is 0 Å². The smallest absolute Gasteiger partial charge is 0.304 e. The van der Waals surface area contributed by atoms with Gasteiger partial charge >= 0.3 is 5.97 Å². The van der Waals surface area contributed by atoms with Crippen LogP contribution in [0.2, 0.25) is 0 Å². The number of Topliss-reactive ketones (excluding diaryl/α,β-unsaturated/α-hetero) is 1. The van der Waals surface area contributed by atoms with Crippen LogP contribution in [0.25, 0.3) is 0 Å². The van der Waals surface area contributed by atoms with Gasteiger partial charge in [-0.1, -0.05) is 29.8 Å². The Kier molecular flexibility index (Phi) is 4.00. The molecule has 0 amide bonds. The number of carboxylic acids is 1. The number of rotatable bonds is 4. The number of hydrogen-bond donors (Lipinski definition) is 1.